The number of nitrogens with zero attached hydrogens (tertiary/aromatic N) is 3. The third-order valence-corrected chi connectivity index (χ3v) is 6.44. The number of hydrogen-bond donors (Lipinski definition) is 2. The lowest BCUT2D eigenvalue weighted by atomic mass is 10.2. The van der Waals surface area contributed by atoms with Gasteiger partial charge in [-0.2, -0.15) is 5.10 Å². The van der Waals surface area contributed by atoms with Crippen LogP contribution in [0.25, 0.3) is 0 Å². The maximum atomic E-state index is 12.6. The first-order valence-corrected chi connectivity index (χ1v) is 9.40. The minimum absolute atomic E-state index is 0.148. The number of aromatic nitrogens is 3. The van der Waals surface area contributed by atoms with Crippen LogP contribution in [0.1, 0.15) is 33.2 Å². The predicted molar refractivity (Wildman–Crippen MR) is 86.3 cm³/mol. The van der Waals surface area contributed by atoms with Gasteiger partial charge in [-0.25, -0.2) is 13.4 Å². The number of amides is 1. The van der Waals surface area contributed by atoms with Crippen molar-refractivity contribution in [2.24, 2.45) is 7.05 Å². The molecule has 0 bridgehead atoms. The van der Waals surface area contributed by atoms with Crippen LogP contribution in [0.2, 0.25) is 0 Å². The maximum absolute atomic E-state index is 12.6. The van der Waals surface area contributed by atoms with Crippen molar-refractivity contribution < 1.29 is 13.2 Å². The maximum Gasteiger partial charge on any atom is 0.267 e. The molecule has 0 atom stereocenters. The summed E-state index contributed by atoms with van der Waals surface area (Å²) in [5.74, 6) is -0.200. The summed E-state index contributed by atoms with van der Waals surface area (Å²) in [6.07, 6.45) is 1.44. The van der Waals surface area contributed by atoms with Gasteiger partial charge < -0.3 is 5.32 Å². The van der Waals surface area contributed by atoms with Crippen molar-refractivity contribution in [3.05, 3.63) is 22.0 Å². The van der Waals surface area contributed by atoms with E-state index in [0.717, 1.165) is 17.8 Å². The van der Waals surface area contributed by atoms with Gasteiger partial charge in [0.25, 0.3) is 15.9 Å². The summed E-state index contributed by atoms with van der Waals surface area (Å²) in [4.78, 5) is 16.8. The van der Waals surface area contributed by atoms with Crippen LogP contribution >= 0.6 is 11.3 Å². The van der Waals surface area contributed by atoms with Gasteiger partial charge in [0.15, 0.2) is 5.13 Å². The Kier molecular flexibility index (Phi) is 3.88. The molecule has 0 aliphatic carbocycles. The van der Waals surface area contributed by atoms with E-state index in [1.165, 1.54) is 4.68 Å². The van der Waals surface area contributed by atoms with Crippen molar-refractivity contribution in [2.45, 2.75) is 31.6 Å². The Bertz CT molecular complexity index is 882. The second-order valence-corrected chi connectivity index (χ2v) is 8.00. The predicted octanol–water partition coefficient (Wildman–Crippen LogP) is 0.970. The molecule has 1 aliphatic heterocycles. The molecule has 0 saturated carbocycles. The molecule has 0 fully saturated rings. The number of fused-ring (bicyclic) bond motifs is 1. The SMILES string of the molecule is Cc1nn(C)c(C)c1S(=O)(=O)Nc1nc2c(s1)C(=O)NCCC2. The second-order valence-electron chi connectivity index (χ2n) is 5.38. The molecule has 0 spiro atoms. The highest BCUT2D eigenvalue weighted by molar-refractivity contribution is 7.93. The molecule has 0 aromatic carbocycles. The number of thiazole rings is 1. The third-order valence-electron chi connectivity index (χ3n) is 3.71. The van der Waals surface area contributed by atoms with Crippen molar-refractivity contribution in [3.8, 4) is 0 Å². The van der Waals surface area contributed by atoms with Gasteiger partial charge in [0, 0.05) is 13.6 Å². The molecule has 3 rings (SSSR count). The summed E-state index contributed by atoms with van der Waals surface area (Å²) in [5, 5.41) is 7.10. The van der Waals surface area contributed by atoms with Gasteiger partial charge in [-0.3, -0.25) is 14.2 Å². The molecule has 1 amide bonds. The van der Waals surface area contributed by atoms with Crippen LogP contribution in [0.4, 0.5) is 5.13 Å². The third kappa shape index (κ3) is 2.83. The van der Waals surface area contributed by atoms with Crippen LogP contribution in [-0.2, 0) is 23.5 Å². The smallest absolute Gasteiger partial charge is 0.267 e. The molecule has 124 valence electrons. The molecule has 2 N–H and O–H groups in total. The van der Waals surface area contributed by atoms with Crippen LogP contribution in [0, 0.1) is 13.8 Å². The van der Waals surface area contributed by atoms with Gasteiger partial charge in [0.2, 0.25) is 0 Å². The summed E-state index contributed by atoms with van der Waals surface area (Å²) in [5.41, 5.74) is 1.61. The largest absolute Gasteiger partial charge is 0.351 e. The average molecular weight is 355 g/mol. The van der Waals surface area contributed by atoms with Crippen LogP contribution in [0.5, 0.6) is 0 Å². The molecule has 0 unspecified atom stereocenters. The van der Waals surface area contributed by atoms with Gasteiger partial charge in [0.1, 0.15) is 9.77 Å². The van der Waals surface area contributed by atoms with Gasteiger partial charge >= 0.3 is 0 Å². The van der Waals surface area contributed by atoms with Gasteiger partial charge in [-0.15, -0.1) is 0 Å². The van der Waals surface area contributed by atoms with E-state index in [-0.39, 0.29) is 15.9 Å². The lowest BCUT2D eigenvalue weighted by Gasteiger charge is -2.05. The molecule has 2 aromatic rings. The number of carbonyl (C=O) groups excluding carboxylic acids is 1. The summed E-state index contributed by atoms with van der Waals surface area (Å²) in [6.45, 7) is 3.95. The molecule has 10 heteroatoms. The lowest BCUT2D eigenvalue weighted by Crippen LogP contribution is -2.21. The highest BCUT2D eigenvalue weighted by Gasteiger charge is 2.27. The molecule has 23 heavy (non-hydrogen) atoms. The van der Waals surface area contributed by atoms with Crippen LogP contribution in [-0.4, -0.2) is 35.6 Å². The first-order chi connectivity index (χ1) is 10.8. The molecular weight excluding hydrogens is 338 g/mol. The molecular formula is C13H17N5O3S2. The summed E-state index contributed by atoms with van der Waals surface area (Å²) in [7, 11) is -2.11. The Labute approximate surface area is 138 Å². The normalized spacial score (nSPS) is 15.0. The Morgan fingerprint density at radius 2 is 2.09 bits per heavy atom. The van der Waals surface area contributed by atoms with E-state index in [0.29, 0.717) is 34.9 Å². The van der Waals surface area contributed by atoms with Crippen molar-refractivity contribution in [1.82, 2.24) is 20.1 Å². The fourth-order valence-electron chi connectivity index (χ4n) is 2.59. The van der Waals surface area contributed by atoms with E-state index in [2.05, 4.69) is 20.1 Å². The first-order valence-electron chi connectivity index (χ1n) is 7.10. The topological polar surface area (TPSA) is 106 Å². The van der Waals surface area contributed by atoms with Gasteiger partial charge in [-0.05, 0) is 26.7 Å². The van der Waals surface area contributed by atoms with Crippen molar-refractivity contribution >= 4 is 32.4 Å². The zero-order chi connectivity index (χ0) is 16.8. The van der Waals surface area contributed by atoms with Crippen molar-refractivity contribution in [3.63, 3.8) is 0 Å². The fraction of sp³-hybridized carbons (Fsp3) is 0.462. The zero-order valence-electron chi connectivity index (χ0n) is 13.0. The Hall–Kier alpha value is -1.94. The number of nitrogens with one attached hydrogen (secondary N) is 2. The Morgan fingerprint density at radius 1 is 1.35 bits per heavy atom. The number of carbonyl (C=O) groups is 1. The minimum Gasteiger partial charge on any atom is -0.351 e. The minimum atomic E-state index is -3.80. The van der Waals surface area contributed by atoms with Crippen molar-refractivity contribution in [2.75, 3.05) is 11.3 Å². The standard InChI is InChI=1S/C13H17N5O3S2/c1-7-11(8(2)18(3)16-7)23(20,21)17-13-15-9-5-4-6-14-12(19)10(9)22-13/h4-6H2,1-3H3,(H,14,19)(H,15,17). The highest BCUT2D eigenvalue weighted by Crippen LogP contribution is 2.28. The number of aryl methyl sites for hydroxylation is 3. The van der Waals surface area contributed by atoms with E-state index in [1.54, 1.807) is 20.9 Å². The number of sulfonamides is 1. The first kappa shape index (κ1) is 15.9. The summed E-state index contributed by atoms with van der Waals surface area (Å²) in [6, 6.07) is 0. The van der Waals surface area contributed by atoms with E-state index < -0.39 is 10.0 Å². The fourth-order valence-corrected chi connectivity index (χ4v) is 5.19. The zero-order valence-corrected chi connectivity index (χ0v) is 14.6. The molecule has 8 nitrogen and oxygen atoms in total. The highest BCUT2D eigenvalue weighted by atomic mass is 32.2. The van der Waals surface area contributed by atoms with Gasteiger partial charge in [0.05, 0.1) is 17.1 Å². The monoisotopic (exact) mass is 355 g/mol. The molecule has 0 radical (unpaired) electrons. The number of hydrogen-bond acceptors (Lipinski definition) is 6. The second kappa shape index (κ2) is 5.60. The molecule has 0 saturated heterocycles. The van der Waals surface area contributed by atoms with E-state index in [1.807, 2.05) is 0 Å². The molecule has 1 aliphatic rings. The Morgan fingerprint density at radius 3 is 2.74 bits per heavy atom. The van der Waals surface area contributed by atoms with Gasteiger partial charge in [-0.1, -0.05) is 11.3 Å². The molecule has 2 aromatic heterocycles. The number of anilines is 1. The number of rotatable bonds is 3. The lowest BCUT2D eigenvalue weighted by molar-refractivity contribution is 0.0960. The van der Waals surface area contributed by atoms with E-state index in [4.69, 9.17) is 0 Å². The van der Waals surface area contributed by atoms with E-state index >= 15 is 0 Å². The molecule has 3 heterocycles. The van der Waals surface area contributed by atoms with E-state index in [9.17, 15) is 13.2 Å². The van der Waals surface area contributed by atoms with Crippen LogP contribution in [0.15, 0.2) is 4.90 Å². The summed E-state index contributed by atoms with van der Waals surface area (Å²) < 4.78 is 29.2. The van der Waals surface area contributed by atoms with Crippen LogP contribution in [0.3, 0.4) is 0 Å². The van der Waals surface area contributed by atoms with Crippen LogP contribution < -0.4 is 10.0 Å². The Balaban J connectivity index is 1.96. The summed E-state index contributed by atoms with van der Waals surface area (Å²) >= 11 is 1.06. The van der Waals surface area contributed by atoms with Crippen molar-refractivity contribution in [1.29, 1.82) is 0 Å². The average Bonchev–Trinajstić information content (AvgIpc) is 2.90. The quantitative estimate of drug-likeness (QED) is 0.853.